The van der Waals surface area contributed by atoms with Crippen LogP contribution in [0.4, 0.5) is 18.9 Å². The Morgan fingerprint density at radius 2 is 1.76 bits per heavy atom. The molecule has 0 bridgehead atoms. The number of aryl methyl sites for hydroxylation is 1. The molecule has 0 unspecified atom stereocenters. The molecule has 9 nitrogen and oxygen atoms in total. The van der Waals surface area contributed by atoms with Gasteiger partial charge in [0.1, 0.15) is 28.9 Å². The van der Waals surface area contributed by atoms with E-state index in [4.69, 9.17) is 16.3 Å². The van der Waals surface area contributed by atoms with Gasteiger partial charge in [0, 0.05) is 30.5 Å². The summed E-state index contributed by atoms with van der Waals surface area (Å²) in [6.07, 6.45) is -0.00594. The average Bonchev–Trinajstić information content (AvgIpc) is 3.34. The number of pyridine rings is 2. The lowest BCUT2D eigenvalue weighted by molar-refractivity contribution is -0.137. The van der Waals surface area contributed by atoms with Crippen molar-refractivity contribution in [3.63, 3.8) is 0 Å². The molecule has 1 N–H and O–H groups in total. The fourth-order valence-electron chi connectivity index (χ4n) is 4.47. The molecular formula is C29H18ClF3N6O3. The zero-order chi connectivity index (χ0) is 29.6. The van der Waals surface area contributed by atoms with Crippen LogP contribution in [-0.4, -0.2) is 30.0 Å². The molecule has 4 aromatic heterocycles. The van der Waals surface area contributed by atoms with E-state index in [0.29, 0.717) is 28.4 Å². The predicted octanol–water partition coefficient (Wildman–Crippen LogP) is 6.38. The number of nitrogens with one attached hydrogen (secondary N) is 1. The lowest BCUT2D eigenvalue weighted by Gasteiger charge is -2.15. The molecule has 0 saturated heterocycles. The Bertz CT molecular complexity index is 2060. The maximum absolute atomic E-state index is 13.5. The lowest BCUT2D eigenvalue weighted by Crippen LogP contribution is -2.29. The molecule has 2 aromatic carbocycles. The van der Waals surface area contributed by atoms with Crippen molar-refractivity contribution < 1.29 is 22.7 Å². The topological polar surface area (TPSA) is 104 Å². The van der Waals surface area contributed by atoms with Crippen LogP contribution < -0.4 is 15.6 Å². The molecular weight excluding hydrogens is 573 g/mol. The number of halogens is 4. The van der Waals surface area contributed by atoms with Gasteiger partial charge < -0.3 is 14.6 Å². The number of benzene rings is 2. The number of nitrogens with zero attached hydrogens (tertiary/aromatic N) is 5. The minimum atomic E-state index is -4.67. The third-order valence-corrected chi connectivity index (χ3v) is 6.79. The number of amides is 1. The van der Waals surface area contributed by atoms with E-state index in [2.05, 4.69) is 20.3 Å². The number of fused-ring (bicyclic) bond motifs is 2. The van der Waals surface area contributed by atoms with Crippen molar-refractivity contribution in [2.45, 2.75) is 6.18 Å². The van der Waals surface area contributed by atoms with Crippen molar-refractivity contribution >= 4 is 45.3 Å². The number of hydrogen-bond donors (Lipinski definition) is 1. The van der Waals surface area contributed by atoms with Crippen LogP contribution >= 0.6 is 11.6 Å². The number of anilines is 1. The van der Waals surface area contributed by atoms with Crippen molar-refractivity contribution in [3.05, 3.63) is 112 Å². The molecule has 4 heterocycles. The van der Waals surface area contributed by atoms with Crippen LogP contribution in [0.15, 0.2) is 90.2 Å². The van der Waals surface area contributed by atoms with Crippen LogP contribution in [0.5, 0.6) is 11.6 Å². The van der Waals surface area contributed by atoms with Crippen LogP contribution in [0, 0.1) is 0 Å². The summed E-state index contributed by atoms with van der Waals surface area (Å²) in [5.74, 6) is 0.0919. The Morgan fingerprint density at radius 3 is 2.50 bits per heavy atom. The standard InChI is InChI=1S/C29H18ClF3N6O3/c1-38-12-10-20-25(38)35-15-36-27(20)42-19-7-4-17(5-8-19)37-26(40)21-13-16-3-2-11-34-24(16)39(28(21)41)18-6-9-22(23(30)14-18)29(31,32)33/h2-15H,1H3,(H,37,40). The van der Waals surface area contributed by atoms with Crippen molar-refractivity contribution in [2.75, 3.05) is 5.32 Å². The van der Waals surface area contributed by atoms with Crippen LogP contribution in [-0.2, 0) is 13.2 Å². The van der Waals surface area contributed by atoms with E-state index < -0.39 is 28.2 Å². The number of ether oxygens (including phenoxy) is 1. The molecule has 42 heavy (non-hydrogen) atoms. The van der Waals surface area contributed by atoms with Gasteiger partial charge in [-0.05, 0) is 66.7 Å². The van der Waals surface area contributed by atoms with E-state index in [9.17, 15) is 22.8 Å². The average molecular weight is 591 g/mol. The first-order valence-electron chi connectivity index (χ1n) is 12.3. The third-order valence-electron chi connectivity index (χ3n) is 6.47. The van der Waals surface area contributed by atoms with E-state index in [0.717, 1.165) is 28.2 Å². The second-order valence-corrected chi connectivity index (χ2v) is 9.61. The summed E-state index contributed by atoms with van der Waals surface area (Å²) in [6.45, 7) is 0. The maximum Gasteiger partial charge on any atom is 0.417 e. The van der Waals surface area contributed by atoms with Crippen molar-refractivity contribution in [1.82, 2.24) is 24.1 Å². The third kappa shape index (κ3) is 4.92. The number of alkyl halides is 3. The Balaban J connectivity index is 1.30. The maximum atomic E-state index is 13.5. The van der Waals surface area contributed by atoms with Crippen molar-refractivity contribution in [3.8, 4) is 17.3 Å². The highest BCUT2D eigenvalue weighted by Crippen LogP contribution is 2.36. The number of hydrogen-bond acceptors (Lipinski definition) is 6. The summed E-state index contributed by atoms with van der Waals surface area (Å²) in [4.78, 5) is 39.4. The highest BCUT2D eigenvalue weighted by molar-refractivity contribution is 6.31. The van der Waals surface area contributed by atoms with Crippen LogP contribution in [0.1, 0.15) is 15.9 Å². The Labute approximate surface area is 239 Å². The predicted molar refractivity (Wildman–Crippen MR) is 150 cm³/mol. The first-order valence-corrected chi connectivity index (χ1v) is 12.7. The molecule has 0 atom stereocenters. The number of rotatable bonds is 5. The van der Waals surface area contributed by atoms with Crippen LogP contribution in [0.3, 0.4) is 0 Å². The highest BCUT2D eigenvalue weighted by atomic mass is 35.5. The van der Waals surface area contributed by atoms with Gasteiger partial charge in [-0.1, -0.05) is 11.6 Å². The van der Waals surface area contributed by atoms with E-state index >= 15 is 0 Å². The van der Waals surface area contributed by atoms with E-state index in [1.807, 2.05) is 23.9 Å². The van der Waals surface area contributed by atoms with E-state index in [1.165, 1.54) is 18.6 Å². The normalized spacial score (nSPS) is 11.6. The molecule has 210 valence electrons. The van der Waals surface area contributed by atoms with Gasteiger partial charge in [0.05, 0.1) is 21.7 Å². The van der Waals surface area contributed by atoms with Gasteiger partial charge in [0.15, 0.2) is 0 Å². The second kappa shape index (κ2) is 10.3. The highest BCUT2D eigenvalue weighted by Gasteiger charge is 2.33. The summed E-state index contributed by atoms with van der Waals surface area (Å²) in [5, 5.41) is 3.23. The molecule has 0 fully saturated rings. The zero-order valence-corrected chi connectivity index (χ0v) is 22.3. The summed E-state index contributed by atoms with van der Waals surface area (Å²) < 4.78 is 48.6. The Hall–Kier alpha value is -5.23. The lowest BCUT2D eigenvalue weighted by atomic mass is 10.1. The number of aromatic nitrogens is 5. The molecule has 6 rings (SSSR count). The zero-order valence-electron chi connectivity index (χ0n) is 21.6. The monoisotopic (exact) mass is 590 g/mol. The van der Waals surface area contributed by atoms with Gasteiger partial charge >= 0.3 is 6.18 Å². The van der Waals surface area contributed by atoms with Gasteiger partial charge in [0.2, 0.25) is 5.88 Å². The molecule has 0 aliphatic carbocycles. The first kappa shape index (κ1) is 27.0. The molecule has 0 aliphatic rings. The van der Waals surface area contributed by atoms with Crippen molar-refractivity contribution in [2.24, 2.45) is 7.05 Å². The molecule has 1 amide bonds. The van der Waals surface area contributed by atoms with E-state index in [1.54, 1.807) is 36.4 Å². The molecule has 0 spiro atoms. The van der Waals surface area contributed by atoms with Gasteiger partial charge in [-0.25, -0.2) is 15.0 Å². The summed E-state index contributed by atoms with van der Waals surface area (Å²) >= 11 is 5.92. The number of carbonyl (C=O) groups excluding carboxylic acids is 1. The molecule has 0 radical (unpaired) electrons. The minimum absolute atomic E-state index is 0.0232. The fourth-order valence-corrected chi connectivity index (χ4v) is 4.75. The smallest absolute Gasteiger partial charge is 0.417 e. The SMILES string of the molecule is Cn1ccc2c(Oc3ccc(NC(=O)c4cc5cccnc5n(-c5ccc(C(F)(F)F)c(Cl)c5)c4=O)cc3)ncnc21. The van der Waals surface area contributed by atoms with Gasteiger partial charge in [-0.2, -0.15) is 13.2 Å². The van der Waals surface area contributed by atoms with Crippen molar-refractivity contribution in [1.29, 1.82) is 0 Å². The van der Waals surface area contributed by atoms with Gasteiger partial charge in [-0.3, -0.25) is 14.2 Å². The van der Waals surface area contributed by atoms with Gasteiger partial charge in [-0.15, -0.1) is 0 Å². The minimum Gasteiger partial charge on any atom is -0.438 e. The summed E-state index contributed by atoms with van der Waals surface area (Å²) in [7, 11) is 1.86. The summed E-state index contributed by atoms with van der Waals surface area (Å²) in [5.41, 5.74) is -0.839. The van der Waals surface area contributed by atoms with E-state index in [-0.39, 0.29) is 16.9 Å². The number of carbonyl (C=O) groups is 1. The Morgan fingerprint density at radius 1 is 0.976 bits per heavy atom. The molecule has 0 saturated carbocycles. The second-order valence-electron chi connectivity index (χ2n) is 9.20. The molecule has 6 aromatic rings. The largest absolute Gasteiger partial charge is 0.438 e. The summed E-state index contributed by atoms with van der Waals surface area (Å²) in [6, 6.07) is 15.8. The molecule has 13 heteroatoms. The quantitative estimate of drug-likeness (QED) is 0.250. The first-order chi connectivity index (χ1) is 20.1. The fraction of sp³-hybridized carbons (Fsp3) is 0.0690. The molecule has 0 aliphatic heterocycles. The van der Waals surface area contributed by atoms with Gasteiger partial charge in [0.25, 0.3) is 11.5 Å². The van der Waals surface area contributed by atoms with Crippen LogP contribution in [0.2, 0.25) is 5.02 Å². The van der Waals surface area contributed by atoms with Crippen LogP contribution in [0.25, 0.3) is 27.8 Å². The Kier molecular flexibility index (Phi) is 6.62.